The number of likely N-dealkylation sites (tertiary alicyclic amines) is 1. The van der Waals surface area contributed by atoms with Crippen molar-refractivity contribution in [1.29, 1.82) is 0 Å². The maximum Gasteiger partial charge on any atom is 0.326 e. The summed E-state index contributed by atoms with van der Waals surface area (Å²) in [6, 6.07) is 9.86. The number of phenolic OH excluding ortho intramolecular Hbond substituents is 1. The second-order valence-corrected chi connectivity index (χ2v) is 14.6. The van der Waals surface area contributed by atoms with Crippen LogP contribution in [0.1, 0.15) is 81.8 Å². The Morgan fingerprint density at radius 1 is 0.709 bits per heavy atom. The molecule has 4 rings (SSSR count). The van der Waals surface area contributed by atoms with Crippen LogP contribution in [-0.2, 0) is 41.6 Å². The lowest BCUT2D eigenvalue weighted by molar-refractivity contribution is -0.142. The van der Waals surface area contributed by atoms with Crippen LogP contribution in [0, 0.1) is 5.92 Å². The van der Waals surface area contributed by atoms with Crippen LogP contribution >= 0.6 is 0 Å². The molecule has 0 unspecified atom stereocenters. The Kier molecular flexibility index (Phi) is 16.9. The molecule has 5 atom stereocenters. The molecule has 1 aliphatic carbocycles. The number of nitrogens with zero attached hydrogens (tertiary/aromatic N) is 1. The van der Waals surface area contributed by atoms with Crippen LogP contribution in [0.4, 0.5) is 0 Å². The van der Waals surface area contributed by atoms with Gasteiger partial charge >= 0.3 is 5.97 Å². The highest BCUT2D eigenvalue weighted by Crippen LogP contribution is 2.28. The van der Waals surface area contributed by atoms with Crippen molar-refractivity contribution in [2.75, 3.05) is 19.6 Å². The summed E-state index contributed by atoms with van der Waals surface area (Å²) in [6.45, 7) is 0.297. The van der Waals surface area contributed by atoms with Gasteiger partial charge in [0.2, 0.25) is 29.5 Å². The van der Waals surface area contributed by atoms with Gasteiger partial charge in [-0.25, -0.2) is 4.79 Å². The minimum Gasteiger partial charge on any atom is -0.508 e. The monoisotopic (exact) mass is 763 g/mol. The number of benzene rings is 2. The number of nitrogens with two attached hydrogens (primary N) is 2. The number of carboxylic acids is 1. The number of hydrogen-bond acceptors (Lipinski definition) is 9. The third kappa shape index (κ3) is 13.4. The normalized spacial score (nSPS) is 18.0. The summed E-state index contributed by atoms with van der Waals surface area (Å²) in [5.74, 6) is -3.76. The lowest BCUT2D eigenvalue weighted by Gasteiger charge is -2.32. The van der Waals surface area contributed by atoms with Gasteiger partial charge in [0.05, 0.1) is 6.54 Å². The number of nitrogens with one attached hydrogen (secondary N) is 4. The molecule has 0 bridgehead atoms. The van der Waals surface area contributed by atoms with Crippen molar-refractivity contribution in [3.63, 3.8) is 0 Å². The molecule has 300 valence electrons. The quantitative estimate of drug-likeness (QED) is 0.0897. The van der Waals surface area contributed by atoms with E-state index >= 15 is 0 Å². The zero-order valence-electron chi connectivity index (χ0n) is 31.4. The van der Waals surface area contributed by atoms with E-state index in [1.165, 1.54) is 17.0 Å². The first-order valence-corrected chi connectivity index (χ1v) is 19.4. The molecule has 2 fully saturated rings. The Hall–Kier alpha value is -5.02. The Morgan fingerprint density at radius 3 is 2.00 bits per heavy atom. The molecule has 15 nitrogen and oxygen atoms in total. The van der Waals surface area contributed by atoms with E-state index in [0.29, 0.717) is 44.2 Å². The molecule has 0 aromatic heterocycles. The molecule has 2 aliphatic rings. The van der Waals surface area contributed by atoms with Crippen LogP contribution in [0.3, 0.4) is 0 Å². The van der Waals surface area contributed by atoms with Crippen molar-refractivity contribution in [3.05, 3.63) is 65.7 Å². The van der Waals surface area contributed by atoms with Gasteiger partial charge in [-0.05, 0) is 74.2 Å². The minimum atomic E-state index is -1.24. The summed E-state index contributed by atoms with van der Waals surface area (Å²) in [7, 11) is 0. The van der Waals surface area contributed by atoms with Gasteiger partial charge in [0.1, 0.15) is 36.0 Å². The zero-order chi connectivity index (χ0) is 39.7. The number of carbonyl (C=O) groups excluding carboxylic acids is 5. The van der Waals surface area contributed by atoms with Gasteiger partial charge in [0.15, 0.2) is 0 Å². The molecule has 1 aliphatic heterocycles. The van der Waals surface area contributed by atoms with Crippen molar-refractivity contribution >= 4 is 35.5 Å². The maximum absolute atomic E-state index is 14.1. The first kappa shape index (κ1) is 42.7. The Morgan fingerprint density at radius 2 is 1.35 bits per heavy atom. The number of amides is 5. The van der Waals surface area contributed by atoms with Gasteiger partial charge in [-0.15, -0.1) is 0 Å². The number of aromatic hydroxyl groups is 1. The largest absolute Gasteiger partial charge is 0.508 e. The van der Waals surface area contributed by atoms with Gasteiger partial charge in [-0.2, -0.15) is 0 Å². The fourth-order valence-corrected chi connectivity index (χ4v) is 7.44. The Balaban J connectivity index is 1.51. The molecule has 55 heavy (non-hydrogen) atoms. The predicted octanol–water partition coefficient (Wildman–Crippen LogP) is 1.25. The van der Waals surface area contributed by atoms with E-state index in [1.807, 2.05) is 6.07 Å². The molecule has 0 spiro atoms. The topological polar surface area (TPSA) is 246 Å². The molecule has 1 heterocycles. The average Bonchev–Trinajstić information content (AvgIpc) is 3.68. The van der Waals surface area contributed by atoms with E-state index in [2.05, 4.69) is 21.3 Å². The lowest BCUT2D eigenvalue weighted by Crippen LogP contribution is -2.59. The number of unbranched alkanes of at least 4 members (excludes halogenated alkanes) is 1. The van der Waals surface area contributed by atoms with E-state index in [1.54, 1.807) is 36.4 Å². The van der Waals surface area contributed by atoms with Crippen molar-refractivity contribution in [2.24, 2.45) is 17.4 Å². The molecule has 2 aromatic rings. The fraction of sp³-hybridized carbons (Fsp3) is 0.550. The molecule has 15 heteroatoms. The molecule has 2 aromatic carbocycles. The van der Waals surface area contributed by atoms with Gasteiger partial charge in [-0.1, -0.05) is 74.6 Å². The molecular formula is C40H57N7O8. The summed E-state index contributed by atoms with van der Waals surface area (Å²) < 4.78 is 0. The molecular weight excluding hydrogens is 706 g/mol. The number of hydrogen-bond donors (Lipinski definition) is 8. The molecule has 0 radical (unpaired) electrons. The number of carbonyl (C=O) groups is 6. The van der Waals surface area contributed by atoms with Crippen molar-refractivity contribution in [2.45, 2.75) is 114 Å². The van der Waals surface area contributed by atoms with E-state index < -0.39 is 65.7 Å². The van der Waals surface area contributed by atoms with Crippen molar-refractivity contribution in [3.8, 4) is 5.75 Å². The standard InChI is InChI=1S/C40H57N7O8/c41-20-8-7-14-30(36(50)46-33(40(54)55)24-27-12-5-2-6-13-27)44-37(51)31(22-26-10-3-1-4-11-26)45-38(52)34-15-9-21-47(34)39(53)32(43-35(49)25-42)23-28-16-18-29(48)19-17-28/h2,5-6,12-13,16-19,26,30-34,48H,1,3-4,7-11,14-15,20-25,41-42H2,(H,43,49)(H,44,51)(H,45,52)(H,46,50)(H,54,55)/t30-,31-,32-,33-,34-/m0/s1. The average molecular weight is 764 g/mol. The third-order valence-electron chi connectivity index (χ3n) is 10.4. The van der Waals surface area contributed by atoms with Gasteiger partial charge in [0, 0.05) is 19.4 Å². The first-order chi connectivity index (χ1) is 26.5. The van der Waals surface area contributed by atoms with E-state index in [4.69, 9.17) is 11.5 Å². The lowest BCUT2D eigenvalue weighted by atomic mass is 9.84. The summed E-state index contributed by atoms with van der Waals surface area (Å²) in [5.41, 5.74) is 12.7. The van der Waals surface area contributed by atoms with Gasteiger partial charge in [0.25, 0.3) is 0 Å². The SMILES string of the molecule is NCCCC[C@H](NC(=O)[C@H](CC1CCCCC1)NC(=O)[C@@H]1CCCN1C(=O)[C@H](Cc1ccc(O)cc1)NC(=O)CN)C(=O)N[C@@H](Cc1ccccc1)C(=O)O. The minimum absolute atomic E-state index is 0.0497. The van der Waals surface area contributed by atoms with Crippen LogP contribution < -0.4 is 32.7 Å². The van der Waals surface area contributed by atoms with E-state index in [-0.39, 0.29) is 44.0 Å². The van der Waals surface area contributed by atoms with Crippen LogP contribution in [0.2, 0.25) is 0 Å². The summed E-state index contributed by atoms with van der Waals surface area (Å²) >= 11 is 0. The fourth-order valence-electron chi connectivity index (χ4n) is 7.44. The maximum atomic E-state index is 14.1. The second kappa shape index (κ2) is 21.8. The van der Waals surface area contributed by atoms with Crippen molar-refractivity contribution < 1.29 is 39.0 Å². The molecule has 5 amide bonds. The zero-order valence-corrected chi connectivity index (χ0v) is 31.4. The second-order valence-electron chi connectivity index (χ2n) is 14.6. The van der Waals surface area contributed by atoms with Crippen molar-refractivity contribution in [1.82, 2.24) is 26.2 Å². The van der Waals surface area contributed by atoms with E-state index in [0.717, 1.165) is 37.7 Å². The predicted molar refractivity (Wildman–Crippen MR) is 205 cm³/mol. The van der Waals surface area contributed by atoms with Gasteiger partial charge < -0.3 is 47.8 Å². The highest BCUT2D eigenvalue weighted by Gasteiger charge is 2.40. The summed E-state index contributed by atoms with van der Waals surface area (Å²) in [5, 5.41) is 30.7. The Labute approximate surface area is 322 Å². The van der Waals surface area contributed by atoms with Gasteiger partial charge in [-0.3, -0.25) is 24.0 Å². The number of rotatable bonds is 20. The third-order valence-corrected chi connectivity index (χ3v) is 10.4. The smallest absolute Gasteiger partial charge is 0.326 e. The molecule has 1 saturated carbocycles. The number of phenols is 1. The Bertz CT molecular complexity index is 1590. The van der Waals surface area contributed by atoms with E-state index in [9.17, 15) is 39.0 Å². The molecule has 10 N–H and O–H groups in total. The first-order valence-electron chi connectivity index (χ1n) is 19.4. The molecule has 1 saturated heterocycles. The highest BCUT2D eigenvalue weighted by molar-refractivity contribution is 5.96. The van der Waals surface area contributed by atoms with Crippen LogP contribution in [-0.4, -0.2) is 100 Å². The van der Waals surface area contributed by atoms with Crippen LogP contribution in [0.15, 0.2) is 54.6 Å². The number of carboxylic acid groups (broad SMARTS) is 1. The summed E-state index contributed by atoms with van der Waals surface area (Å²) in [4.78, 5) is 81.8. The summed E-state index contributed by atoms with van der Waals surface area (Å²) in [6.07, 6.45) is 7.48. The van der Waals surface area contributed by atoms with Crippen LogP contribution in [0.5, 0.6) is 5.75 Å². The number of aliphatic carboxylic acids is 1. The highest BCUT2D eigenvalue weighted by atomic mass is 16.4. The van der Waals surface area contributed by atoms with Crippen LogP contribution in [0.25, 0.3) is 0 Å².